The number of rotatable bonds is 6. The van der Waals surface area contributed by atoms with Gasteiger partial charge in [0.2, 0.25) is 11.8 Å². The molecule has 1 aromatic rings. The molecule has 2 amide bonds. The molecule has 6 heteroatoms. The van der Waals surface area contributed by atoms with Crippen molar-refractivity contribution < 1.29 is 9.59 Å². The Hall–Kier alpha value is -1.59. The standard InChI is InChI=1S/C20H29N3O2.ClH/c21-14-16-4-3-5-18(16)20(25)22-17-9-6-15(7-10-17)8-11-19(24)23-12-1-2-13-23;/h6-7,9-10,16,18H,1-5,8,11-14,21H2,(H,22,25);1H/t16-,18-;/m1./s1. The van der Waals surface area contributed by atoms with Gasteiger partial charge in [0.15, 0.2) is 0 Å². The summed E-state index contributed by atoms with van der Waals surface area (Å²) in [6.07, 6.45) is 6.65. The summed E-state index contributed by atoms with van der Waals surface area (Å²) < 4.78 is 0. The highest BCUT2D eigenvalue weighted by Crippen LogP contribution is 2.31. The Morgan fingerprint density at radius 2 is 1.77 bits per heavy atom. The van der Waals surface area contributed by atoms with E-state index in [2.05, 4.69) is 5.32 Å². The first-order chi connectivity index (χ1) is 12.2. The molecule has 1 aromatic carbocycles. The van der Waals surface area contributed by atoms with Crippen LogP contribution >= 0.6 is 12.4 Å². The van der Waals surface area contributed by atoms with E-state index >= 15 is 0 Å². The number of nitrogens with zero attached hydrogens (tertiary/aromatic N) is 1. The zero-order valence-electron chi connectivity index (χ0n) is 15.3. The monoisotopic (exact) mass is 379 g/mol. The van der Waals surface area contributed by atoms with Crippen LogP contribution in [0.3, 0.4) is 0 Å². The van der Waals surface area contributed by atoms with Crippen molar-refractivity contribution >= 4 is 29.9 Å². The van der Waals surface area contributed by atoms with Gasteiger partial charge < -0.3 is 16.0 Å². The van der Waals surface area contributed by atoms with Crippen LogP contribution in [0.4, 0.5) is 5.69 Å². The lowest BCUT2D eigenvalue weighted by Crippen LogP contribution is -2.29. The minimum absolute atomic E-state index is 0. The Labute approximate surface area is 162 Å². The molecule has 3 rings (SSSR count). The quantitative estimate of drug-likeness (QED) is 0.797. The van der Waals surface area contributed by atoms with Gasteiger partial charge in [-0.3, -0.25) is 9.59 Å². The van der Waals surface area contributed by atoms with Crippen molar-refractivity contribution in [3.8, 4) is 0 Å². The maximum absolute atomic E-state index is 12.4. The topological polar surface area (TPSA) is 75.4 Å². The van der Waals surface area contributed by atoms with Crippen LogP contribution in [-0.4, -0.2) is 36.3 Å². The van der Waals surface area contributed by atoms with Crippen LogP contribution in [0.25, 0.3) is 0 Å². The van der Waals surface area contributed by atoms with Gasteiger partial charge in [-0.25, -0.2) is 0 Å². The summed E-state index contributed by atoms with van der Waals surface area (Å²) in [6.45, 7) is 2.41. The Morgan fingerprint density at radius 1 is 1.08 bits per heavy atom. The van der Waals surface area contributed by atoms with E-state index in [0.29, 0.717) is 18.9 Å². The highest BCUT2D eigenvalue weighted by atomic mass is 35.5. The lowest BCUT2D eigenvalue weighted by Gasteiger charge is -2.17. The fourth-order valence-corrected chi connectivity index (χ4v) is 4.03. The van der Waals surface area contributed by atoms with E-state index < -0.39 is 0 Å². The van der Waals surface area contributed by atoms with E-state index in [1.54, 1.807) is 0 Å². The summed E-state index contributed by atoms with van der Waals surface area (Å²) in [5.41, 5.74) is 7.72. The molecule has 26 heavy (non-hydrogen) atoms. The van der Waals surface area contributed by atoms with Crippen LogP contribution in [0.15, 0.2) is 24.3 Å². The van der Waals surface area contributed by atoms with E-state index in [4.69, 9.17) is 5.73 Å². The molecule has 1 heterocycles. The van der Waals surface area contributed by atoms with Gasteiger partial charge in [0.25, 0.3) is 0 Å². The van der Waals surface area contributed by atoms with E-state index in [0.717, 1.165) is 62.9 Å². The fraction of sp³-hybridized carbons (Fsp3) is 0.600. The van der Waals surface area contributed by atoms with Gasteiger partial charge in [0.05, 0.1) is 0 Å². The molecule has 0 radical (unpaired) electrons. The normalized spacial score (nSPS) is 22.1. The average molecular weight is 380 g/mol. The maximum Gasteiger partial charge on any atom is 0.227 e. The third-order valence-electron chi connectivity index (χ3n) is 5.61. The Balaban J connectivity index is 0.00000243. The molecule has 0 unspecified atom stereocenters. The summed E-state index contributed by atoms with van der Waals surface area (Å²) in [7, 11) is 0. The van der Waals surface area contributed by atoms with Crippen molar-refractivity contribution in [2.75, 3.05) is 25.0 Å². The lowest BCUT2D eigenvalue weighted by molar-refractivity contribution is -0.130. The van der Waals surface area contributed by atoms with Crippen LogP contribution in [0.1, 0.15) is 44.1 Å². The zero-order chi connectivity index (χ0) is 17.6. The van der Waals surface area contributed by atoms with Gasteiger partial charge >= 0.3 is 0 Å². The average Bonchev–Trinajstić information content (AvgIpc) is 3.32. The first kappa shape index (κ1) is 20.7. The van der Waals surface area contributed by atoms with Crippen molar-refractivity contribution in [1.29, 1.82) is 0 Å². The van der Waals surface area contributed by atoms with Gasteiger partial charge in [-0.05, 0) is 62.3 Å². The van der Waals surface area contributed by atoms with E-state index in [9.17, 15) is 9.59 Å². The molecule has 0 spiro atoms. The molecule has 1 saturated heterocycles. The number of carbonyl (C=O) groups excluding carboxylic acids is 2. The predicted octanol–water partition coefficient (Wildman–Crippen LogP) is 2.98. The van der Waals surface area contributed by atoms with Gasteiger partial charge in [-0.15, -0.1) is 12.4 Å². The molecule has 2 aliphatic rings. The minimum Gasteiger partial charge on any atom is -0.343 e. The second-order valence-corrected chi connectivity index (χ2v) is 7.31. The van der Waals surface area contributed by atoms with Crippen LogP contribution in [0, 0.1) is 11.8 Å². The van der Waals surface area contributed by atoms with Crippen LogP contribution < -0.4 is 11.1 Å². The summed E-state index contributed by atoms with van der Waals surface area (Å²) in [6, 6.07) is 7.86. The van der Waals surface area contributed by atoms with Crippen molar-refractivity contribution in [2.45, 2.75) is 44.9 Å². The number of amides is 2. The molecule has 0 bridgehead atoms. The summed E-state index contributed by atoms with van der Waals surface area (Å²) in [5, 5.41) is 3.02. The number of halogens is 1. The third-order valence-corrected chi connectivity index (χ3v) is 5.61. The van der Waals surface area contributed by atoms with Crippen LogP contribution in [-0.2, 0) is 16.0 Å². The Morgan fingerprint density at radius 3 is 2.42 bits per heavy atom. The van der Waals surface area contributed by atoms with Crippen molar-refractivity contribution in [3.63, 3.8) is 0 Å². The van der Waals surface area contributed by atoms with Crippen LogP contribution in [0.5, 0.6) is 0 Å². The predicted molar refractivity (Wildman–Crippen MR) is 106 cm³/mol. The first-order valence-corrected chi connectivity index (χ1v) is 9.55. The maximum atomic E-state index is 12.4. The van der Waals surface area contributed by atoms with Gasteiger partial charge in [-0.2, -0.15) is 0 Å². The number of nitrogens with two attached hydrogens (primary N) is 1. The van der Waals surface area contributed by atoms with Crippen LogP contribution in [0.2, 0.25) is 0 Å². The molecule has 1 saturated carbocycles. The molecule has 1 aliphatic heterocycles. The van der Waals surface area contributed by atoms with Gasteiger partial charge in [0, 0.05) is 31.1 Å². The van der Waals surface area contributed by atoms with Crippen molar-refractivity contribution in [1.82, 2.24) is 4.90 Å². The Kier molecular flexibility index (Phi) is 7.91. The molecular formula is C20H30ClN3O2. The largest absolute Gasteiger partial charge is 0.343 e. The molecule has 1 aliphatic carbocycles. The number of nitrogens with one attached hydrogen (secondary N) is 1. The number of likely N-dealkylation sites (tertiary alicyclic amines) is 1. The van der Waals surface area contributed by atoms with Gasteiger partial charge in [0.1, 0.15) is 0 Å². The third kappa shape index (κ3) is 5.21. The first-order valence-electron chi connectivity index (χ1n) is 9.55. The molecule has 5 nitrogen and oxygen atoms in total. The molecule has 2 atom stereocenters. The summed E-state index contributed by atoms with van der Waals surface area (Å²) in [5.74, 6) is 0.701. The second kappa shape index (κ2) is 9.93. The number of hydrogen-bond acceptors (Lipinski definition) is 3. The summed E-state index contributed by atoms with van der Waals surface area (Å²) in [4.78, 5) is 26.5. The minimum atomic E-state index is 0. The fourth-order valence-electron chi connectivity index (χ4n) is 4.03. The number of benzene rings is 1. The number of aryl methyl sites for hydroxylation is 1. The highest BCUT2D eigenvalue weighted by Gasteiger charge is 2.31. The Bertz CT molecular complexity index is 600. The second-order valence-electron chi connectivity index (χ2n) is 7.31. The smallest absolute Gasteiger partial charge is 0.227 e. The molecular weight excluding hydrogens is 350 g/mol. The summed E-state index contributed by atoms with van der Waals surface area (Å²) >= 11 is 0. The number of carbonyl (C=O) groups is 2. The lowest BCUT2D eigenvalue weighted by atomic mass is 9.95. The van der Waals surface area contributed by atoms with Gasteiger partial charge in [-0.1, -0.05) is 18.6 Å². The number of anilines is 1. The highest BCUT2D eigenvalue weighted by molar-refractivity contribution is 5.93. The molecule has 0 aromatic heterocycles. The SMILES string of the molecule is Cl.NC[C@H]1CCC[C@H]1C(=O)Nc1ccc(CCC(=O)N2CCCC2)cc1. The van der Waals surface area contributed by atoms with E-state index in [1.807, 2.05) is 29.2 Å². The zero-order valence-corrected chi connectivity index (χ0v) is 16.1. The van der Waals surface area contributed by atoms with Crippen molar-refractivity contribution in [2.24, 2.45) is 17.6 Å². The van der Waals surface area contributed by atoms with Crippen molar-refractivity contribution in [3.05, 3.63) is 29.8 Å². The molecule has 3 N–H and O–H groups in total. The van der Waals surface area contributed by atoms with E-state index in [1.165, 1.54) is 0 Å². The molecule has 2 fully saturated rings. The van der Waals surface area contributed by atoms with E-state index in [-0.39, 0.29) is 30.1 Å². The molecule has 144 valence electrons. The number of hydrogen-bond donors (Lipinski definition) is 2.